The van der Waals surface area contributed by atoms with E-state index in [0.29, 0.717) is 22.3 Å². The van der Waals surface area contributed by atoms with Gasteiger partial charge < -0.3 is 10.2 Å². The van der Waals surface area contributed by atoms with Crippen molar-refractivity contribution < 1.29 is 10.2 Å². The molecule has 2 N–H and O–H groups in total. The minimum Gasteiger partial charge on any atom is -0.392 e. The van der Waals surface area contributed by atoms with Crippen molar-refractivity contribution in [3.8, 4) is 0 Å². The third-order valence-electron chi connectivity index (χ3n) is 5.97. The highest BCUT2D eigenvalue weighted by Crippen LogP contribution is 2.44. The van der Waals surface area contributed by atoms with Gasteiger partial charge in [-0.2, -0.15) is 0 Å². The molecule has 0 radical (unpaired) electrons. The highest BCUT2D eigenvalue weighted by atomic mass is 32.2. The predicted octanol–water partition coefficient (Wildman–Crippen LogP) is 4.09. The Bertz CT molecular complexity index is 292. The van der Waals surface area contributed by atoms with Crippen LogP contribution in [0.4, 0.5) is 0 Å². The molecule has 0 aromatic heterocycles. The number of rotatable bonds is 4. The molecular formula is C18H34O2S. The molecule has 0 saturated heterocycles. The van der Waals surface area contributed by atoms with Gasteiger partial charge in [-0.25, -0.2) is 0 Å². The van der Waals surface area contributed by atoms with E-state index in [1.54, 1.807) is 0 Å². The summed E-state index contributed by atoms with van der Waals surface area (Å²) in [7, 11) is 0. The molecule has 8 atom stereocenters. The zero-order chi connectivity index (χ0) is 15.6. The molecule has 0 amide bonds. The molecule has 2 saturated carbocycles. The maximum absolute atomic E-state index is 10.6. The molecule has 3 heteroatoms. The predicted molar refractivity (Wildman–Crippen MR) is 91.5 cm³/mol. The molecule has 0 heterocycles. The van der Waals surface area contributed by atoms with E-state index in [4.69, 9.17) is 0 Å². The molecular weight excluding hydrogens is 280 g/mol. The first-order valence-electron chi connectivity index (χ1n) is 8.97. The third kappa shape index (κ3) is 4.17. The van der Waals surface area contributed by atoms with Crippen LogP contribution in [0.25, 0.3) is 0 Å². The fraction of sp³-hybridized carbons (Fsp3) is 1.00. The summed E-state index contributed by atoms with van der Waals surface area (Å²) < 4.78 is 0. The highest BCUT2D eigenvalue weighted by molar-refractivity contribution is 8.00. The minimum atomic E-state index is -0.192. The number of aliphatic hydroxyl groups excluding tert-OH is 2. The fourth-order valence-corrected chi connectivity index (χ4v) is 6.43. The number of thioether (sulfide) groups is 1. The van der Waals surface area contributed by atoms with Gasteiger partial charge >= 0.3 is 0 Å². The van der Waals surface area contributed by atoms with Crippen LogP contribution >= 0.6 is 11.8 Å². The Morgan fingerprint density at radius 1 is 0.762 bits per heavy atom. The summed E-state index contributed by atoms with van der Waals surface area (Å²) in [6, 6.07) is 0. The average molecular weight is 315 g/mol. The monoisotopic (exact) mass is 314 g/mol. The Labute approximate surface area is 135 Å². The van der Waals surface area contributed by atoms with E-state index < -0.39 is 0 Å². The Morgan fingerprint density at radius 2 is 1.14 bits per heavy atom. The van der Waals surface area contributed by atoms with Crippen LogP contribution in [-0.2, 0) is 0 Å². The molecule has 2 rings (SSSR count). The quantitative estimate of drug-likeness (QED) is 0.821. The Kier molecular flexibility index (Phi) is 6.46. The standard InChI is InChI=1S/C18H34O2S/c1-5-13-7-11(3)17(19)15(9-13)21-16-10-14(6-2)8-12(4)18(16)20/h11-20H,5-10H2,1-4H3. The number of hydrogen-bond acceptors (Lipinski definition) is 3. The molecule has 21 heavy (non-hydrogen) atoms. The summed E-state index contributed by atoms with van der Waals surface area (Å²) in [5.74, 6) is 2.31. The van der Waals surface area contributed by atoms with Crippen LogP contribution in [0.5, 0.6) is 0 Å². The molecule has 2 aliphatic rings. The molecule has 0 aliphatic heterocycles. The van der Waals surface area contributed by atoms with Gasteiger partial charge in [0.2, 0.25) is 0 Å². The van der Waals surface area contributed by atoms with Gasteiger partial charge in [0.05, 0.1) is 12.2 Å². The van der Waals surface area contributed by atoms with Crippen LogP contribution in [0.2, 0.25) is 0 Å². The van der Waals surface area contributed by atoms with Gasteiger partial charge in [-0.15, -0.1) is 11.8 Å². The van der Waals surface area contributed by atoms with Crippen molar-refractivity contribution in [3.63, 3.8) is 0 Å². The zero-order valence-electron chi connectivity index (χ0n) is 14.2. The first-order valence-corrected chi connectivity index (χ1v) is 9.92. The SMILES string of the molecule is CCC1CC(C)C(O)C(SC2CC(CC)CC(C)C2O)C1. The topological polar surface area (TPSA) is 40.5 Å². The first kappa shape index (κ1) is 17.6. The molecule has 0 aromatic carbocycles. The van der Waals surface area contributed by atoms with Crippen LogP contribution in [0, 0.1) is 23.7 Å². The Hall–Kier alpha value is 0.270. The molecule has 0 bridgehead atoms. The lowest BCUT2D eigenvalue weighted by atomic mass is 9.78. The molecule has 0 aromatic rings. The normalized spacial score (nSPS) is 48.3. The summed E-state index contributed by atoms with van der Waals surface area (Å²) in [4.78, 5) is 0. The van der Waals surface area contributed by atoms with Crippen LogP contribution < -0.4 is 0 Å². The van der Waals surface area contributed by atoms with Crippen LogP contribution in [-0.4, -0.2) is 32.9 Å². The summed E-state index contributed by atoms with van der Waals surface area (Å²) in [6.45, 7) is 8.91. The summed E-state index contributed by atoms with van der Waals surface area (Å²) in [5, 5.41) is 21.7. The first-order chi connectivity index (χ1) is 9.96. The molecule has 8 unspecified atom stereocenters. The van der Waals surface area contributed by atoms with Gasteiger partial charge in [0.25, 0.3) is 0 Å². The van der Waals surface area contributed by atoms with Crippen LogP contribution in [0.1, 0.15) is 66.2 Å². The van der Waals surface area contributed by atoms with Crippen molar-refractivity contribution in [1.82, 2.24) is 0 Å². The Balaban J connectivity index is 2.00. The highest BCUT2D eigenvalue weighted by Gasteiger charge is 2.40. The van der Waals surface area contributed by atoms with Crippen molar-refractivity contribution >= 4 is 11.8 Å². The average Bonchev–Trinajstić information content (AvgIpc) is 2.47. The fourth-order valence-electron chi connectivity index (χ4n) is 4.35. The van der Waals surface area contributed by atoms with Crippen LogP contribution in [0.15, 0.2) is 0 Å². The van der Waals surface area contributed by atoms with Gasteiger partial charge in [0.1, 0.15) is 0 Å². The summed E-state index contributed by atoms with van der Waals surface area (Å²) in [6.07, 6.45) is 6.63. The third-order valence-corrected chi connectivity index (χ3v) is 7.62. The van der Waals surface area contributed by atoms with Crippen LogP contribution in [0.3, 0.4) is 0 Å². The lowest BCUT2D eigenvalue weighted by Crippen LogP contribution is -2.43. The molecule has 0 spiro atoms. The van der Waals surface area contributed by atoms with Gasteiger partial charge in [-0.05, 0) is 49.4 Å². The molecule has 2 nitrogen and oxygen atoms in total. The smallest absolute Gasteiger partial charge is 0.0684 e. The lowest BCUT2D eigenvalue weighted by molar-refractivity contribution is 0.0537. The maximum Gasteiger partial charge on any atom is 0.0684 e. The van der Waals surface area contributed by atoms with E-state index in [9.17, 15) is 10.2 Å². The van der Waals surface area contributed by atoms with E-state index in [1.807, 2.05) is 11.8 Å². The van der Waals surface area contributed by atoms with E-state index in [0.717, 1.165) is 37.5 Å². The largest absolute Gasteiger partial charge is 0.392 e. The van der Waals surface area contributed by atoms with Gasteiger partial charge in [0.15, 0.2) is 0 Å². The van der Waals surface area contributed by atoms with Gasteiger partial charge in [0, 0.05) is 10.5 Å². The van der Waals surface area contributed by atoms with Gasteiger partial charge in [-0.1, -0.05) is 40.5 Å². The number of hydrogen-bond donors (Lipinski definition) is 2. The zero-order valence-corrected chi connectivity index (χ0v) is 15.0. The number of aliphatic hydroxyl groups is 2. The van der Waals surface area contributed by atoms with E-state index in [-0.39, 0.29) is 12.2 Å². The molecule has 2 aliphatic carbocycles. The second kappa shape index (κ2) is 7.70. The van der Waals surface area contributed by atoms with Crippen molar-refractivity contribution in [2.75, 3.05) is 0 Å². The van der Waals surface area contributed by atoms with E-state index >= 15 is 0 Å². The minimum absolute atomic E-state index is 0.192. The molecule has 2 fully saturated rings. The lowest BCUT2D eigenvalue weighted by Gasteiger charge is -2.43. The summed E-state index contributed by atoms with van der Waals surface area (Å²) >= 11 is 1.90. The van der Waals surface area contributed by atoms with Crippen molar-refractivity contribution in [1.29, 1.82) is 0 Å². The van der Waals surface area contributed by atoms with E-state index in [2.05, 4.69) is 27.7 Å². The van der Waals surface area contributed by atoms with Crippen molar-refractivity contribution in [2.24, 2.45) is 23.7 Å². The Morgan fingerprint density at radius 3 is 1.48 bits per heavy atom. The second-order valence-corrected chi connectivity index (χ2v) is 9.12. The van der Waals surface area contributed by atoms with E-state index in [1.165, 1.54) is 12.8 Å². The van der Waals surface area contributed by atoms with Crippen molar-refractivity contribution in [3.05, 3.63) is 0 Å². The molecule has 124 valence electrons. The maximum atomic E-state index is 10.6. The van der Waals surface area contributed by atoms with Crippen molar-refractivity contribution in [2.45, 2.75) is 88.9 Å². The van der Waals surface area contributed by atoms with Gasteiger partial charge in [-0.3, -0.25) is 0 Å². The second-order valence-electron chi connectivity index (χ2n) is 7.64. The summed E-state index contributed by atoms with van der Waals surface area (Å²) in [5.41, 5.74) is 0.